The number of aldehydes is 1. The summed E-state index contributed by atoms with van der Waals surface area (Å²) in [6.07, 6.45) is 7.33. The van der Waals surface area contributed by atoms with Crippen LogP contribution in [0.4, 0.5) is 13.2 Å². The quantitative estimate of drug-likeness (QED) is 0.0428. The molecule has 10 aliphatic carbocycles. The number of aliphatic hydroxyl groups is 1. The monoisotopic (exact) mass is 1750 g/mol. The molecule has 24 heteroatoms. The maximum atomic E-state index is 14.5. The molecule has 0 unspecified atom stereocenters. The number of hydrogen-bond donors (Lipinski definition) is 3. The Balaban J connectivity index is 0.000000243. The number of alkyl halides is 3. The van der Waals surface area contributed by atoms with Crippen molar-refractivity contribution in [1.29, 1.82) is 0 Å². The molecule has 0 bridgehead atoms. The average molecular weight is 1760 g/mol. The lowest BCUT2D eigenvalue weighted by molar-refractivity contribution is -0.235. The number of benzene rings is 2. The van der Waals surface area contributed by atoms with Gasteiger partial charge in [-0.25, -0.2) is 0 Å². The van der Waals surface area contributed by atoms with E-state index < -0.39 is 76.9 Å². The van der Waals surface area contributed by atoms with E-state index in [0.29, 0.717) is 66.1 Å². The fourth-order valence-electron chi connectivity index (χ4n) is 27.7. The van der Waals surface area contributed by atoms with Gasteiger partial charge in [0.1, 0.15) is 23.9 Å². The van der Waals surface area contributed by atoms with Crippen LogP contribution in [0, 0.1) is 112 Å². The van der Waals surface area contributed by atoms with E-state index in [1.165, 1.54) is 25.0 Å². The molecule has 10 aliphatic rings. The second-order valence-corrected chi connectivity index (χ2v) is 45.5. The molecule has 0 radical (unpaired) electrons. The Morgan fingerprint density at radius 1 is 0.561 bits per heavy atom. The van der Waals surface area contributed by atoms with Crippen LogP contribution in [0.5, 0.6) is 0 Å². The summed E-state index contributed by atoms with van der Waals surface area (Å²) in [6.45, 7) is 50.6. The first kappa shape index (κ1) is 99.2. The summed E-state index contributed by atoms with van der Waals surface area (Å²) < 4.78 is 55.8. The number of aliphatic carboxylic acids is 1. The number of esters is 4. The maximum absolute atomic E-state index is 14.5. The van der Waals surface area contributed by atoms with Crippen molar-refractivity contribution in [2.24, 2.45) is 112 Å². The third kappa shape index (κ3) is 18.5. The molecule has 0 aliphatic heterocycles. The van der Waals surface area contributed by atoms with E-state index in [2.05, 4.69) is 96.9 Å². The molecule has 123 heavy (non-hydrogen) atoms. The molecule has 3 N–H and O–H groups in total. The van der Waals surface area contributed by atoms with Gasteiger partial charge in [0.2, 0.25) is 12.2 Å². The van der Waals surface area contributed by atoms with E-state index in [0.717, 1.165) is 119 Å². The number of ketones is 2. The summed E-state index contributed by atoms with van der Waals surface area (Å²) in [4.78, 5) is 119. The van der Waals surface area contributed by atoms with Crippen molar-refractivity contribution in [3.8, 4) is 0 Å². The van der Waals surface area contributed by atoms with Crippen LogP contribution in [0.1, 0.15) is 299 Å². The number of halogens is 5. The Morgan fingerprint density at radius 2 is 0.967 bits per heavy atom. The zero-order valence-corrected chi connectivity index (χ0v) is 79.6. The normalized spacial score (nSPS) is 33.5. The minimum absolute atomic E-state index is 0.00914. The molecule has 12 rings (SSSR count). The molecule has 0 heterocycles. The summed E-state index contributed by atoms with van der Waals surface area (Å²) in [5.41, 5.74) is 0.938. The standard InChI is InChI=1S/C51H77BClNO8.C46H66ClNO7.C2HF3O/c1-31(2)42-36(56)27-51(40(60-32(3)55)30-54(52(14)59)29-33-17-15-16-18-35(33)53)26-25-49(12)34(43(42)51)19-20-38-48(11)23-22-39(47(9,10)37(48)21-24-50(38,49)13)61-41(57)28-46(7,8)44(58)62-45(4,5)6;1-27(2)38-32(50)23-46(35(51)26-48(28(3)49)25-29-13-11-12-14-31(29)47)22-21-44(9)30(39(38)46)15-16-34-43(8)19-18-36(55-37(52)24-41(4,5)40(53)54)42(6,7)33(43)17-20-45(34,44)10;3-2(4,5)1-6/h15-18,31,34,37-40,59H,19-30H2,1-14H3;11-14,27,30,33-36,51H,15-26H2,1-10H3,(H,53,54);1H/t34-,37+,38-,39+,40-,48+,49-,50-,51+;30-,33+,34-,35-,36+,43+,44-,45-,46+;/m11./s1. The molecular formula is C99H144BCl2F3N2O16. The Bertz CT molecular complexity index is 4430. The van der Waals surface area contributed by atoms with E-state index in [9.17, 15) is 66.8 Å². The highest BCUT2D eigenvalue weighted by atomic mass is 35.5. The predicted octanol–water partition coefficient (Wildman–Crippen LogP) is 21.0. The number of amides is 1. The minimum atomic E-state index is -4.64. The number of fused-ring (bicyclic) bond motifs is 14. The van der Waals surface area contributed by atoms with Gasteiger partial charge in [0.25, 0.3) is 0 Å². The molecule has 2 aromatic rings. The van der Waals surface area contributed by atoms with Gasteiger partial charge in [0.15, 0.2) is 11.6 Å². The van der Waals surface area contributed by atoms with Crippen LogP contribution in [-0.2, 0) is 75.2 Å². The number of aliphatic hydroxyl groups excluding tert-OH is 1. The van der Waals surface area contributed by atoms with E-state index in [1.54, 1.807) is 39.4 Å². The molecular weight excluding hydrogens is 1610 g/mol. The summed E-state index contributed by atoms with van der Waals surface area (Å²) >= 11 is 13.1. The molecule has 0 spiro atoms. The average Bonchev–Trinajstić information content (AvgIpc) is 1.66. The van der Waals surface area contributed by atoms with Crippen molar-refractivity contribution in [2.45, 2.75) is 344 Å². The zero-order chi connectivity index (χ0) is 92.1. The molecule has 2 aromatic carbocycles. The first-order valence-electron chi connectivity index (χ1n) is 45.5. The van der Waals surface area contributed by atoms with Crippen molar-refractivity contribution >= 4 is 83.9 Å². The van der Waals surface area contributed by atoms with Crippen LogP contribution in [0.25, 0.3) is 0 Å². The highest BCUT2D eigenvalue weighted by Crippen LogP contribution is 2.80. The van der Waals surface area contributed by atoms with Crippen molar-refractivity contribution in [2.75, 3.05) is 13.1 Å². The number of rotatable bonds is 22. The van der Waals surface area contributed by atoms with Gasteiger partial charge in [-0.05, 0) is 278 Å². The van der Waals surface area contributed by atoms with Crippen molar-refractivity contribution in [3.05, 3.63) is 92.0 Å². The Morgan fingerprint density at radius 3 is 1.36 bits per heavy atom. The number of allylic oxidation sites excluding steroid dienone is 2. The van der Waals surface area contributed by atoms with Crippen LogP contribution >= 0.6 is 23.2 Å². The lowest BCUT2D eigenvalue weighted by Gasteiger charge is -2.72. The van der Waals surface area contributed by atoms with E-state index in [1.807, 2.05) is 74.1 Å². The van der Waals surface area contributed by atoms with Crippen LogP contribution in [-0.4, -0.2) is 135 Å². The number of nitrogens with zero attached hydrogens (tertiary/aromatic N) is 2. The smallest absolute Gasteiger partial charge is 0.446 e. The maximum Gasteiger partial charge on any atom is 0.446 e. The molecule has 0 saturated heterocycles. The van der Waals surface area contributed by atoms with Crippen LogP contribution in [0.15, 0.2) is 70.8 Å². The first-order chi connectivity index (χ1) is 56.6. The van der Waals surface area contributed by atoms with Gasteiger partial charge in [-0.1, -0.05) is 162 Å². The third-order valence-corrected chi connectivity index (χ3v) is 34.9. The van der Waals surface area contributed by atoms with Crippen molar-refractivity contribution < 1.29 is 90.5 Å². The Kier molecular flexibility index (Phi) is 28.6. The van der Waals surface area contributed by atoms with Crippen LogP contribution < -0.4 is 0 Å². The van der Waals surface area contributed by atoms with Crippen LogP contribution in [0.3, 0.4) is 0 Å². The van der Waals surface area contributed by atoms with Gasteiger partial charge < -0.3 is 43.9 Å². The number of carbonyl (C=O) groups is 9. The Labute approximate surface area is 741 Å². The number of hydrogen-bond acceptors (Lipinski definition) is 16. The third-order valence-electron chi connectivity index (χ3n) is 34.2. The topological polar surface area (TPSA) is 258 Å². The largest absolute Gasteiger partial charge is 0.481 e. The number of Topliss-reactive ketones (excluding diaryl/α,β-unsaturated/α-hetero) is 2. The molecule has 1 amide bonds. The molecule has 18 atom stereocenters. The first-order valence-corrected chi connectivity index (χ1v) is 46.3. The lowest BCUT2D eigenvalue weighted by atomic mass is 9.33. The Hall–Kier alpha value is -5.94. The van der Waals surface area contributed by atoms with Gasteiger partial charge in [-0.15, -0.1) is 0 Å². The second-order valence-electron chi connectivity index (χ2n) is 44.7. The fraction of sp³-hybridized carbons (Fsp3) is 0.747. The molecule has 8 fully saturated rings. The summed E-state index contributed by atoms with van der Waals surface area (Å²) in [7, 11) is -0.846. The lowest BCUT2D eigenvalue weighted by Crippen LogP contribution is -2.66. The summed E-state index contributed by atoms with van der Waals surface area (Å²) in [5.74, 6) is -0.539. The van der Waals surface area contributed by atoms with E-state index in [4.69, 9.17) is 46.9 Å². The predicted molar refractivity (Wildman–Crippen MR) is 471 cm³/mol. The highest BCUT2D eigenvalue weighted by Gasteiger charge is 2.74. The number of ether oxygens (including phenoxy) is 4. The zero-order valence-electron chi connectivity index (χ0n) is 78.1. The SMILES string of the molecule is CB(O)N(Cc1ccccc1Cl)C[C@@H](OC(C)=O)[C@@]12CC[C@]3(C)[C@H](CC[C@@H]4[C@@]5(C)CC[C@H](OC(=O)CC(C)(C)C(=O)OC(C)(C)C)C(C)(C)[C@@H]5CC[C@]43C)C1=C(C(C)C)C(=O)C2.CC(=O)N(Cc1ccccc1Cl)C[C@@H](O)[C@@]12CC[C@]3(C)[C@H](CC[C@@H]4[C@@]5(C)CC[C@H](OC(=O)CC(C)(C)C(=O)O)C(C)(C)[C@@H]5CC[C@]43C)C1=C(C(C)C)C(=O)C2.O=CC(F)(F)F. The van der Waals surface area contributed by atoms with E-state index in [-0.39, 0.29) is 135 Å². The highest BCUT2D eigenvalue weighted by molar-refractivity contribution is 6.45. The molecule has 18 nitrogen and oxygen atoms in total. The van der Waals surface area contributed by atoms with E-state index >= 15 is 0 Å². The number of carboxylic acids is 1. The minimum Gasteiger partial charge on any atom is -0.481 e. The van der Waals surface area contributed by atoms with Gasteiger partial charge in [-0.2, -0.15) is 13.2 Å². The van der Waals surface area contributed by atoms with Gasteiger partial charge >= 0.3 is 43.1 Å². The van der Waals surface area contributed by atoms with Crippen molar-refractivity contribution in [1.82, 2.24) is 9.71 Å². The fourth-order valence-corrected chi connectivity index (χ4v) is 28.1. The molecule has 0 aromatic heterocycles. The second kappa shape index (κ2) is 35.5. The summed E-state index contributed by atoms with van der Waals surface area (Å²) in [6, 6.07) is 15.1. The van der Waals surface area contributed by atoms with Gasteiger partial charge in [0, 0.05) is 84.6 Å². The van der Waals surface area contributed by atoms with Gasteiger partial charge in [-0.3, -0.25) is 43.2 Å². The summed E-state index contributed by atoms with van der Waals surface area (Å²) in [5, 5.41) is 34.5. The number of carbonyl (C=O) groups excluding carboxylic acids is 8. The van der Waals surface area contributed by atoms with Crippen LogP contribution in [0.2, 0.25) is 16.9 Å². The molecule has 8 saturated carbocycles. The van der Waals surface area contributed by atoms with Crippen molar-refractivity contribution in [3.63, 3.8) is 0 Å². The van der Waals surface area contributed by atoms with Gasteiger partial charge in [0.05, 0.1) is 29.8 Å². The number of carboxylic acid groups (broad SMARTS) is 1. The molecule has 684 valence electrons.